The van der Waals surface area contributed by atoms with Gasteiger partial charge >= 0.3 is 6.09 Å². The van der Waals surface area contributed by atoms with Crippen LogP contribution in [0.2, 0.25) is 0 Å². The average Bonchev–Trinajstić information content (AvgIpc) is 2.50. The van der Waals surface area contributed by atoms with Crippen LogP contribution in [0.1, 0.15) is 25.8 Å². The summed E-state index contributed by atoms with van der Waals surface area (Å²) >= 11 is 0. The zero-order chi connectivity index (χ0) is 16.4. The Bertz CT molecular complexity index is 523. The van der Waals surface area contributed by atoms with Crippen LogP contribution >= 0.6 is 0 Å². The molecule has 2 N–H and O–H groups in total. The zero-order valence-corrected chi connectivity index (χ0v) is 12.8. The van der Waals surface area contributed by atoms with Gasteiger partial charge in [-0.25, -0.2) is 4.79 Å². The van der Waals surface area contributed by atoms with E-state index in [1.54, 1.807) is 0 Å². The van der Waals surface area contributed by atoms with Crippen molar-refractivity contribution in [3.05, 3.63) is 35.9 Å². The number of rotatable bonds is 7. The number of amides is 2. The van der Waals surface area contributed by atoms with Crippen LogP contribution in [-0.4, -0.2) is 24.6 Å². The highest BCUT2D eigenvalue weighted by atomic mass is 16.5. The molecule has 0 saturated carbocycles. The first kappa shape index (κ1) is 17.5. The summed E-state index contributed by atoms with van der Waals surface area (Å²) in [5.41, 5.74) is 0.868. The third-order valence-corrected chi connectivity index (χ3v) is 2.87. The third kappa shape index (κ3) is 6.75. The van der Waals surface area contributed by atoms with Crippen molar-refractivity contribution in [2.24, 2.45) is 5.92 Å². The number of nitrogens with zero attached hydrogens (tertiary/aromatic N) is 1. The summed E-state index contributed by atoms with van der Waals surface area (Å²) in [6.45, 7) is 3.94. The monoisotopic (exact) mass is 303 g/mol. The Kier molecular flexibility index (Phi) is 7.48. The van der Waals surface area contributed by atoms with Gasteiger partial charge in [-0.3, -0.25) is 4.79 Å². The maximum absolute atomic E-state index is 11.9. The second kappa shape index (κ2) is 9.40. The molecule has 1 rings (SSSR count). The highest BCUT2D eigenvalue weighted by Crippen LogP contribution is 2.06. The molecule has 0 radical (unpaired) electrons. The Balaban J connectivity index is 2.51. The molecule has 0 aromatic heterocycles. The summed E-state index contributed by atoms with van der Waals surface area (Å²) in [6.07, 6.45) is -0.181. The molecule has 6 heteroatoms. The molecule has 1 atom stereocenters. The van der Waals surface area contributed by atoms with Gasteiger partial charge < -0.3 is 15.4 Å². The number of nitrogens with one attached hydrogen (secondary N) is 2. The van der Waals surface area contributed by atoms with Gasteiger partial charge in [0.15, 0.2) is 0 Å². The Morgan fingerprint density at radius 2 is 1.95 bits per heavy atom. The lowest BCUT2D eigenvalue weighted by atomic mass is 10.0. The van der Waals surface area contributed by atoms with Crippen molar-refractivity contribution >= 4 is 12.0 Å². The maximum Gasteiger partial charge on any atom is 0.408 e. The highest BCUT2D eigenvalue weighted by molar-refractivity contribution is 5.85. The lowest BCUT2D eigenvalue weighted by molar-refractivity contribution is -0.123. The fourth-order valence-electron chi connectivity index (χ4n) is 1.86. The van der Waals surface area contributed by atoms with Crippen LogP contribution in [0.4, 0.5) is 4.79 Å². The van der Waals surface area contributed by atoms with Crippen molar-refractivity contribution in [3.8, 4) is 6.07 Å². The van der Waals surface area contributed by atoms with Crippen LogP contribution in [0.25, 0.3) is 0 Å². The van der Waals surface area contributed by atoms with Gasteiger partial charge in [-0.2, -0.15) is 5.26 Å². The Morgan fingerprint density at radius 3 is 2.55 bits per heavy atom. The molecule has 0 heterocycles. The van der Waals surface area contributed by atoms with E-state index in [1.165, 1.54) is 0 Å². The number of hydrogen-bond acceptors (Lipinski definition) is 4. The summed E-state index contributed by atoms with van der Waals surface area (Å²) in [7, 11) is 0. The molecule has 1 unspecified atom stereocenters. The predicted molar refractivity (Wildman–Crippen MR) is 81.6 cm³/mol. The van der Waals surface area contributed by atoms with Crippen LogP contribution in [0, 0.1) is 17.2 Å². The van der Waals surface area contributed by atoms with E-state index in [0.717, 1.165) is 5.56 Å². The lowest BCUT2D eigenvalue weighted by Crippen LogP contribution is -2.47. The summed E-state index contributed by atoms with van der Waals surface area (Å²) in [5.74, 6) is -0.167. The normalized spacial score (nSPS) is 11.4. The number of ether oxygens (including phenoxy) is 1. The largest absolute Gasteiger partial charge is 0.445 e. The molecule has 1 aromatic carbocycles. The van der Waals surface area contributed by atoms with E-state index in [-0.39, 0.29) is 25.0 Å². The fourth-order valence-corrected chi connectivity index (χ4v) is 1.86. The SMILES string of the molecule is CC(C)CC(NC(=O)OCc1ccccc1)C(=O)NCC#N. The van der Waals surface area contributed by atoms with E-state index in [9.17, 15) is 9.59 Å². The molecule has 22 heavy (non-hydrogen) atoms. The van der Waals surface area contributed by atoms with Gasteiger partial charge in [-0.1, -0.05) is 44.2 Å². The first-order chi connectivity index (χ1) is 10.5. The van der Waals surface area contributed by atoms with Crippen molar-refractivity contribution in [2.45, 2.75) is 32.9 Å². The Labute approximate surface area is 130 Å². The number of nitriles is 1. The zero-order valence-electron chi connectivity index (χ0n) is 12.8. The van der Waals surface area contributed by atoms with Crippen LogP contribution in [-0.2, 0) is 16.1 Å². The van der Waals surface area contributed by atoms with E-state index in [1.807, 2.05) is 50.2 Å². The Morgan fingerprint density at radius 1 is 1.27 bits per heavy atom. The van der Waals surface area contributed by atoms with E-state index in [4.69, 9.17) is 10.00 Å². The molecule has 118 valence electrons. The van der Waals surface area contributed by atoms with E-state index in [2.05, 4.69) is 10.6 Å². The number of alkyl carbamates (subject to hydrolysis) is 1. The van der Waals surface area contributed by atoms with Crippen LogP contribution in [0.5, 0.6) is 0 Å². The molecule has 0 fully saturated rings. The average molecular weight is 303 g/mol. The van der Waals surface area contributed by atoms with Crippen LogP contribution < -0.4 is 10.6 Å². The van der Waals surface area contributed by atoms with Crippen LogP contribution in [0.3, 0.4) is 0 Å². The first-order valence-corrected chi connectivity index (χ1v) is 7.14. The lowest BCUT2D eigenvalue weighted by Gasteiger charge is -2.19. The van der Waals surface area contributed by atoms with Gasteiger partial charge in [-0.15, -0.1) is 0 Å². The van der Waals surface area contributed by atoms with Gasteiger partial charge in [0, 0.05) is 0 Å². The van der Waals surface area contributed by atoms with Gasteiger partial charge in [-0.05, 0) is 17.9 Å². The second-order valence-corrected chi connectivity index (χ2v) is 5.26. The molecule has 1 aromatic rings. The smallest absolute Gasteiger partial charge is 0.408 e. The minimum absolute atomic E-state index is 0.0891. The number of benzene rings is 1. The van der Waals surface area contributed by atoms with Crippen molar-refractivity contribution in [3.63, 3.8) is 0 Å². The van der Waals surface area contributed by atoms with Gasteiger partial charge in [0.25, 0.3) is 0 Å². The molecule has 0 aliphatic rings. The van der Waals surface area contributed by atoms with Gasteiger partial charge in [0.1, 0.15) is 19.2 Å². The maximum atomic E-state index is 11.9. The third-order valence-electron chi connectivity index (χ3n) is 2.87. The molecule has 0 saturated heterocycles. The fraction of sp³-hybridized carbons (Fsp3) is 0.438. The summed E-state index contributed by atoms with van der Waals surface area (Å²) in [4.78, 5) is 23.7. The standard InChI is InChI=1S/C16H21N3O3/c1-12(2)10-14(15(20)18-9-8-17)19-16(21)22-11-13-6-4-3-5-7-13/h3-7,12,14H,9-11H2,1-2H3,(H,18,20)(H,19,21). The van der Waals surface area contributed by atoms with E-state index in [0.29, 0.717) is 6.42 Å². The molecule has 0 aliphatic heterocycles. The van der Waals surface area contributed by atoms with E-state index >= 15 is 0 Å². The number of carbonyl (C=O) groups is 2. The molecule has 0 bridgehead atoms. The van der Waals surface area contributed by atoms with Gasteiger partial charge in [0.05, 0.1) is 6.07 Å². The first-order valence-electron chi connectivity index (χ1n) is 7.14. The topological polar surface area (TPSA) is 91.2 Å². The van der Waals surface area contributed by atoms with Gasteiger partial charge in [0.2, 0.25) is 5.91 Å². The summed E-state index contributed by atoms with van der Waals surface area (Å²) in [5, 5.41) is 13.5. The van der Waals surface area contributed by atoms with Crippen molar-refractivity contribution in [1.82, 2.24) is 10.6 Å². The number of carbonyl (C=O) groups excluding carboxylic acids is 2. The van der Waals surface area contributed by atoms with Crippen molar-refractivity contribution in [2.75, 3.05) is 6.54 Å². The Hall–Kier alpha value is -2.55. The second-order valence-electron chi connectivity index (χ2n) is 5.26. The molecular formula is C16H21N3O3. The molecular weight excluding hydrogens is 282 g/mol. The summed E-state index contributed by atoms with van der Waals surface area (Å²) < 4.78 is 5.10. The predicted octanol–water partition coefficient (Wildman–Crippen LogP) is 1.97. The quantitative estimate of drug-likeness (QED) is 0.753. The highest BCUT2D eigenvalue weighted by Gasteiger charge is 2.22. The van der Waals surface area contributed by atoms with Crippen molar-refractivity contribution in [1.29, 1.82) is 5.26 Å². The van der Waals surface area contributed by atoms with Crippen LogP contribution in [0.15, 0.2) is 30.3 Å². The number of hydrogen-bond donors (Lipinski definition) is 2. The van der Waals surface area contributed by atoms with E-state index < -0.39 is 12.1 Å². The summed E-state index contributed by atoms with van der Waals surface area (Å²) in [6, 6.07) is 10.4. The minimum Gasteiger partial charge on any atom is -0.445 e. The molecule has 2 amide bonds. The molecule has 6 nitrogen and oxygen atoms in total. The molecule has 0 spiro atoms. The minimum atomic E-state index is -0.711. The van der Waals surface area contributed by atoms with Crippen molar-refractivity contribution < 1.29 is 14.3 Å². The molecule has 0 aliphatic carbocycles.